The fraction of sp³-hybridized carbons (Fsp3) is 0.111. The first-order chi connectivity index (χ1) is 17.0. The summed E-state index contributed by atoms with van der Waals surface area (Å²) >= 11 is 6.76. The lowest BCUT2D eigenvalue weighted by atomic mass is 10.1. The van der Waals surface area contributed by atoms with Crippen LogP contribution in [0.3, 0.4) is 0 Å². The zero-order chi connectivity index (χ0) is 24.4. The van der Waals surface area contributed by atoms with Crippen LogP contribution in [0.2, 0.25) is 0 Å². The molecule has 6 nitrogen and oxygen atoms in total. The number of nitrogens with one attached hydrogen (secondary N) is 1. The molecule has 0 unspecified atom stereocenters. The fourth-order valence-corrected chi connectivity index (χ4v) is 5.37. The first kappa shape index (κ1) is 23.0. The Kier molecular flexibility index (Phi) is 6.48. The van der Waals surface area contributed by atoms with E-state index in [1.165, 1.54) is 16.2 Å². The second-order valence-electron chi connectivity index (χ2n) is 8.09. The van der Waals surface area contributed by atoms with Gasteiger partial charge in [0.15, 0.2) is 0 Å². The van der Waals surface area contributed by atoms with Crippen LogP contribution in [-0.2, 0) is 11.3 Å². The molecule has 0 radical (unpaired) electrons. The van der Waals surface area contributed by atoms with Gasteiger partial charge in [0.2, 0.25) is 0 Å². The van der Waals surface area contributed by atoms with Crippen molar-refractivity contribution in [1.29, 1.82) is 0 Å². The van der Waals surface area contributed by atoms with E-state index in [9.17, 15) is 9.59 Å². The van der Waals surface area contributed by atoms with Gasteiger partial charge in [0.25, 0.3) is 11.5 Å². The van der Waals surface area contributed by atoms with Crippen LogP contribution < -0.4 is 10.9 Å². The maximum Gasteiger partial charge on any atom is 0.267 e. The van der Waals surface area contributed by atoms with Crippen LogP contribution in [0.1, 0.15) is 29.7 Å². The van der Waals surface area contributed by atoms with Crippen molar-refractivity contribution < 1.29 is 4.79 Å². The van der Waals surface area contributed by atoms with Gasteiger partial charge in [0, 0.05) is 12.7 Å². The smallest absolute Gasteiger partial charge is 0.267 e. The lowest BCUT2D eigenvalue weighted by Crippen LogP contribution is -2.31. The summed E-state index contributed by atoms with van der Waals surface area (Å²) in [6.07, 6.45) is 3.28. The quantitative estimate of drug-likeness (QED) is 0.289. The molecule has 174 valence electrons. The number of benzene rings is 2. The number of carbonyl (C=O) groups excluding carboxylic acids is 1. The number of anilines is 1. The Balaban J connectivity index is 1.53. The minimum absolute atomic E-state index is 0.220. The summed E-state index contributed by atoms with van der Waals surface area (Å²) < 4.78 is 1.94. The first-order valence-electron chi connectivity index (χ1n) is 11.1. The third kappa shape index (κ3) is 4.62. The van der Waals surface area contributed by atoms with Crippen LogP contribution in [0.5, 0.6) is 0 Å². The van der Waals surface area contributed by atoms with Gasteiger partial charge in [-0.3, -0.25) is 18.9 Å². The van der Waals surface area contributed by atoms with Crippen molar-refractivity contribution in [3.05, 3.63) is 117 Å². The maximum absolute atomic E-state index is 13.4. The van der Waals surface area contributed by atoms with Gasteiger partial charge in [-0.15, -0.1) is 0 Å². The zero-order valence-corrected chi connectivity index (χ0v) is 20.6. The topological polar surface area (TPSA) is 66.7 Å². The SMILES string of the molecule is C[C@H](c1ccccc1)N1C(=O)/C(=C/c2c(NCc3ccccc3)nc3ccccn3c2=O)SC1=S. The molecule has 0 bridgehead atoms. The van der Waals surface area contributed by atoms with E-state index in [1.807, 2.05) is 73.7 Å². The average molecular weight is 499 g/mol. The van der Waals surface area contributed by atoms with Crippen molar-refractivity contribution in [2.45, 2.75) is 19.5 Å². The summed E-state index contributed by atoms with van der Waals surface area (Å²) in [4.78, 5) is 33.5. The minimum Gasteiger partial charge on any atom is -0.365 e. The van der Waals surface area contributed by atoms with Crippen LogP contribution >= 0.6 is 24.0 Å². The number of hydrogen-bond acceptors (Lipinski definition) is 6. The predicted octanol–water partition coefficient (Wildman–Crippen LogP) is 5.27. The molecule has 3 heterocycles. The minimum atomic E-state index is -0.257. The molecular formula is C27H22N4O2S2. The molecule has 0 spiro atoms. The standard InChI is InChI=1S/C27H22N4O2S2/c1-18(20-12-6-3-7-13-20)31-26(33)22(35-27(31)34)16-21-24(28-17-19-10-4-2-5-11-19)29-23-14-8-9-15-30(23)25(21)32/h2-16,18,28H,17H2,1H3/b22-16-/t18-/m1/s1. The number of nitrogens with zero attached hydrogens (tertiary/aromatic N) is 3. The van der Waals surface area contributed by atoms with Crippen LogP contribution in [0.25, 0.3) is 11.7 Å². The zero-order valence-electron chi connectivity index (χ0n) is 18.9. The van der Waals surface area contributed by atoms with Gasteiger partial charge in [-0.1, -0.05) is 90.7 Å². The summed E-state index contributed by atoms with van der Waals surface area (Å²) in [5, 5.41) is 3.29. The molecule has 0 saturated carbocycles. The van der Waals surface area contributed by atoms with Crippen LogP contribution in [0.4, 0.5) is 5.82 Å². The van der Waals surface area contributed by atoms with Crippen molar-refractivity contribution in [2.24, 2.45) is 0 Å². The lowest BCUT2D eigenvalue weighted by Gasteiger charge is -2.23. The van der Waals surface area contributed by atoms with Gasteiger partial charge in [0.1, 0.15) is 15.8 Å². The first-order valence-corrected chi connectivity index (χ1v) is 12.4. The van der Waals surface area contributed by atoms with Gasteiger partial charge in [-0.25, -0.2) is 4.98 Å². The highest BCUT2D eigenvalue weighted by Crippen LogP contribution is 2.38. The predicted molar refractivity (Wildman–Crippen MR) is 145 cm³/mol. The summed E-state index contributed by atoms with van der Waals surface area (Å²) in [7, 11) is 0. The monoisotopic (exact) mass is 498 g/mol. The molecule has 2 aromatic heterocycles. The molecule has 2 aromatic carbocycles. The molecule has 1 aliphatic heterocycles. The Morgan fingerprint density at radius 1 is 1.00 bits per heavy atom. The Hall–Kier alpha value is -3.75. The number of thiocarbonyl (C=S) groups is 1. The molecular weight excluding hydrogens is 476 g/mol. The largest absolute Gasteiger partial charge is 0.365 e. The number of carbonyl (C=O) groups is 1. The Bertz CT molecular complexity index is 1500. The third-order valence-corrected chi connectivity index (χ3v) is 7.17. The molecule has 1 atom stereocenters. The van der Waals surface area contributed by atoms with Crippen molar-refractivity contribution in [2.75, 3.05) is 5.32 Å². The molecule has 5 rings (SSSR count). The number of fused-ring (bicyclic) bond motifs is 1. The Labute approximate surface area is 212 Å². The summed E-state index contributed by atoms with van der Waals surface area (Å²) in [5.41, 5.74) is 2.62. The number of amides is 1. The van der Waals surface area contributed by atoms with Crippen molar-refractivity contribution in [1.82, 2.24) is 14.3 Å². The second kappa shape index (κ2) is 9.85. The molecule has 1 N–H and O–H groups in total. The van der Waals surface area contributed by atoms with E-state index in [2.05, 4.69) is 10.3 Å². The summed E-state index contributed by atoms with van der Waals surface area (Å²) in [6, 6.07) is 24.8. The molecule has 35 heavy (non-hydrogen) atoms. The molecule has 1 saturated heterocycles. The highest BCUT2D eigenvalue weighted by molar-refractivity contribution is 8.26. The number of pyridine rings is 1. The van der Waals surface area contributed by atoms with Crippen LogP contribution in [0.15, 0.2) is 94.8 Å². The van der Waals surface area contributed by atoms with E-state index in [1.54, 1.807) is 29.3 Å². The van der Waals surface area contributed by atoms with Crippen LogP contribution in [-0.4, -0.2) is 24.5 Å². The van der Waals surface area contributed by atoms with Gasteiger partial charge in [-0.05, 0) is 36.3 Å². The normalized spacial score (nSPS) is 15.7. The molecule has 1 amide bonds. The van der Waals surface area contributed by atoms with E-state index in [-0.39, 0.29) is 17.5 Å². The van der Waals surface area contributed by atoms with Crippen molar-refractivity contribution >= 4 is 51.7 Å². The van der Waals surface area contributed by atoms with Gasteiger partial charge in [0.05, 0.1) is 16.5 Å². The number of rotatable bonds is 6. The average Bonchev–Trinajstić information content (AvgIpc) is 3.17. The highest BCUT2D eigenvalue weighted by atomic mass is 32.2. The molecule has 0 aliphatic carbocycles. The van der Waals surface area contributed by atoms with Crippen molar-refractivity contribution in [3.63, 3.8) is 0 Å². The number of thioether (sulfide) groups is 1. The lowest BCUT2D eigenvalue weighted by molar-refractivity contribution is -0.123. The van der Waals surface area contributed by atoms with E-state index in [0.717, 1.165) is 11.1 Å². The van der Waals surface area contributed by atoms with Gasteiger partial charge < -0.3 is 5.32 Å². The Morgan fingerprint density at radius 2 is 1.69 bits per heavy atom. The van der Waals surface area contributed by atoms with Gasteiger partial charge in [-0.2, -0.15) is 0 Å². The van der Waals surface area contributed by atoms with E-state index in [4.69, 9.17) is 12.2 Å². The Morgan fingerprint density at radius 3 is 2.43 bits per heavy atom. The third-order valence-electron chi connectivity index (χ3n) is 5.84. The van der Waals surface area contributed by atoms with Crippen molar-refractivity contribution in [3.8, 4) is 0 Å². The maximum atomic E-state index is 13.4. The second-order valence-corrected chi connectivity index (χ2v) is 9.76. The van der Waals surface area contributed by atoms with E-state index < -0.39 is 0 Å². The highest BCUT2D eigenvalue weighted by Gasteiger charge is 2.36. The molecule has 4 aromatic rings. The molecule has 8 heteroatoms. The summed E-state index contributed by atoms with van der Waals surface area (Å²) in [6.45, 7) is 2.44. The van der Waals surface area contributed by atoms with E-state index in [0.29, 0.717) is 32.8 Å². The molecule has 1 aliphatic rings. The van der Waals surface area contributed by atoms with Gasteiger partial charge >= 0.3 is 0 Å². The summed E-state index contributed by atoms with van der Waals surface area (Å²) in [5.74, 6) is 0.203. The number of aromatic nitrogens is 2. The van der Waals surface area contributed by atoms with E-state index >= 15 is 0 Å². The number of hydrogen-bond donors (Lipinski definition) is 1. The molecule has 1 fully saturated rings. The fourth-order valence-electron chi connectivity index (χ4n) is 3.97. The van der Waals surface area contributed by atoms with Crippen LogP contribution in [0, 0.1) is 0 Å².